The quantitative estimate of drug-likeness (QED) is 0.786. The first-order valence-electron chi connectivity index (χ1n) is 4.99. The smallest absolute Gasteiger partial charge is 0.237 e. The number of amides is 1. The monoisotopic (exact) mass is 217 g/mol. The van der Waals surface area contributed by atoms with Crippen molar-refractivity contribution in [1.82, 2.24) is 5.32 Å². The maximum absolute atomic E-state index is 11.1. The van der Waals surface area contributed by atoms with E-state index in [-0.39, 0.29) is 5.91 Å². The third-order valence-corrected chi connectivity index (χ3v) is 2.43. The Morgan fingerprint density at radius 1 is 1.44 bits per heavy atom. The van der Waals surface area contributed by atoms with Crippen LogP contribution in [0.25, 0.3) is 0 Å². The summed E-state index contributed by atoms with van der Waals surface area (Å²) in [5.41, 5.74) is 6.14. The van der Waals surface area contributed by atoms with Gasteiger partial charge in [0.2, 0.25) is 5.91 Å². The van der Waals surface area contributed by atoms with Crippen LogP contribution in [0.3, 0.4) is 0 Å². The molecule has 0 spiro atoms. The van der Waals surface area contributed by atoms with Gasteiger partial charge in [-0.2, -0.15) is 5.26 Å². The van der Waals surface area contributed by atoms with E-state index < -0.39 is 5.54 Å². The van der Waals surface area contributed by atoms with E-state index >= 15 is 0 Å². The van der Waals surface area contributed by atoms with E-state index in [9.17, 15) is 4.79 Å². The Balaban J connectivity index is 2.62. The molecule has 0 unspecified atom stereocenters. The van der Waals surface area contributed by atoms with Crippen LogP contribution in [0.5, 0.6) is 0 Å². The van der Waals surface area contributed by atoms with Gasteiger partial charge in [-0.15, -0.1) is 0 Å². The molecule has 1 amide bonds. The summed E-state index contributed by atoms with van der Waals surface area (Å²) in [6.07, 6.45) is 0. The predicted molar refractivity (Wildman–Crippen MR) is 61.3 cm³/mol. The maximum atomic E-state index is 11.1. The van der Waals surface area contributed by atoms with Gasteiger partial charge in [0.25, 0.3) is 0 Å². The minimum atomic E-state index is -0.728. The van der Waals surface area contributed by atoms with Gasteiger partial charge in [-0.05, 0) is 31.5 Å². The molecule has 0 saturated carbocycles. The van der Waals surface area contributed by atoms with Gasteiger partial charge in [-0.3, -0.25) is 10.1 Å². The summed E-state index contributed by atoms with van der Waals surface area (Å²) in [7, 11) is 0. The summed E-state index contributed by atoms with van der Waals surface area (Å²) in [5.74, 6) is -0.388. The molecule has 1 aromatic rings. The fourth-order valence-corrected chi connectivity index (χ4v) is 1.11. The Kier molecular flexibility index (Phi) is 3.64. The number of nitrogens with zero attached hydrogens (tertiary/aromatic N) is 1. The van der Waals surface area contributed by atoms with Gasteiger partial charge in [0, 0.05) is 6.54 Å². The van der Waals surface area contributed by atoms with Gasteiger partial charge < -0.3 is 5.73 Å². The van der Waals surface area contributed by atoms with E-state index in [1.807, 2.05) is 12.1 Å². The molecule has 0 aliphatic carbocycles. The highest BCUT2D eigenvalue weighted by Gasteiger charge is 2.23. The zero-order valence-electron chi connectivity index (χ0n) is 9.45. The Labute approximate surface area is 95.1 Å². The van der Waals surface area contributed by atoms with Crippen LogP contribution in [-0.2, 0) is 11.3 Å². The van der Waals surface area contributed by atoms with Crippen molar-refractivity contribution < 1.29 is 4.79 Å². The van der Waals surface area contributed by atoms with E-state index in [0.29, 0.717) is 12.1 Å². The molecule has 16 heavy (non-hydrogen) atoms. The number of nitrogens with one attached hydrogen (secondary N) is 1. The molecule has 3 N–H and O–H groups in total. The fraction of sp³-hybridized carbons (Fsp3) is 0.333. The van der Waals surface area contributed by atoms with Crippen LogP contribution in [0.2, 0.25) is 0 Å². The highest BCUT2D eigenvalue weighted by Crippen LogP contribution is 2.06. The molecule has 0 aromatic heterocycles. The molecule has 1 rings (SSSR count). The highest BCUT2D eigenvalue weighted by atomic mass is 16.1. The number of hydrogen-bond acceptors (Lipinski definition) is 3. The Hall–Kier alpha value is -1.86. The molecule has 0 bridgehead atoms. The van der Waals surface area contributed by atoms with Crippen LogP contribution >= 0.6 is 0 Å². The molecule has 0 radical (unpaired) electrons. The van der Waals surface area contributed by atoms with E-state index in [4.69, 9.17) is 11.0 Å². The fourth-order valence-electron chi connectivity index (χ4n) is 1.11. The lowest BCUT2D eigenvalue weighted by Gasteiger charge is -2.22. The average Bonchev–Trinajstić information content (AvgIpc) is 2.27. The molecule has 0 heterocycles. The Morgan fingerprint density at radius 3 is 2.44 bits per heavy atom. The lowest BCUT2D eigenvalue weighted by Crippen LogP contribution is -2.50. The van der Waals surface area contributed by atoms with Crippen LogP contribution < -0.4 is 11.1 Å². The second kappa shape index (κ2) is 4.77. The molecule has 0 aliphatic heterocycles. The summed E-state index contributed by atoms with van der Waals surface area (Å²) in [5, 5.41) is 11.7. The number of carbonyl (C=O) groups is 1. The van der Waals surface area contributed by atoms with Gasteiger partial charge >= 0.3 is 0 Å². The SMILES string of the molecule is CC(C)(NCc1ccc(C#N)cc1)C(N)=O. The summed E-state index contributed by atoms with van der Waals surface area (Å²) in [6, 6.07) is 9.24. The molecular weight excluding hydrogens is 202 g/mol. The first-order valence-corrected chi connectivity index (χ1v) is 4.99. The summed E-state index contributed by atoms with van der Waals surface area (Å²) >= 11 is 0. The number of carbonyl (C=O) groups excluding carboxylic acids is 1. The van der Waals surface area contributed by atoms with Crippen molar-refractivity contribution in [2.45, 2.75) is 25.9 Å². The zero-order valence-corrected chi connectivity index (χ0v) is 9.45. The maximum Gasteiger partial charge on any atom is 0.237 e. The number of benzene rings is 1. The van der Waals surface area contributed by atoms with Crippen molar-refractivity contribution in [2.75, 3.05) is 0 Å². The Bertz CT molecular complexity index is 415. The van der Waals surface area contributed by atoms with Crippen LogP contribution in [0, 0.1) is 11.3 Å². The average molecular weight is 217 g/mol. The number of nitriles is 1. The lowest BCUT2D eigenvalue weighted by molar-refractivity contribution is -0.123. The first kappa shape index (κ1) is 12.2. The third kappa shape index (κ3) is 3.07. The summed E-state index contributed by atoms with van der Waals surface area (Å²) in [4.78, 5) is 11.1. The van der Waals surface area contributed by atoms with Crippen LogP contribution in [-0.4, -0.2) is 11.4 Å². The predicted octanol–water partition coefficient (Wildman–Crippen LogP) is 0.912. The first-order chi connectivity index (χ1) is 7.45. The molecule has 1 aromatic carbocycles. The van der Waals surface area contributed by atoms with Crippen molar-refractivity contribution in [3.63, 3.8) is 0 Å². The summed E-state index contributed by atoms with van der Waals surface area (Å²) < 4.78 is 0. The molecule has 0 aliphatic rings. The second-order valence-corrected chi connectivity index (χ2v) is 4.15. The minimum Gasteiger partial charge on any atom is -0.368 e. The molecule has 0 saturated heterocycles. The van der Waals surface area contributed by atoms with Crippen LogP contribution in [0.1, 0.15) is 25.0 Å². The summed E-state index contributed by atoms with van der Waals surface area (Å²) in [6.45, 7) is 4.01. The largest absolute Gasteiger partial charge is 0.368 e. The second-order valence-electron chi connectivity index (χ2n) is 4.15. The van der Waals surface area contributed by atoms with E-state index in [1.54, 1.807) is 26.0 Å². The minimum absolute atomic E-state index is 0.388. The van der Waals surface area contributed by atoms with Gasteiger partial charge in [0.15, 0.2) is 0 Å². The molecule has 0 fully saturated rings. The molecular formula is C12H15N3O. The zero-order chi connectivity index (χ0) is 12.2. The number of nitrogens with two attached hydrogens (primary N) is 1. The van der Waals surface area contributed by atoms with E-state index in [2.05, 4.69) is 11.4 Å². The topological polar surface area (TPSA) is 78.9 Å². The standard InChI is InChI=1S/C12H15N3O/c1-12(2,11(14)16)15-8-10-5-3-9(7-13)4-6-10/h3-6,15H,8H2,1-2H3,(H2,14,16). The van der Waals surface area contributed by atoms with Gasteiger partial charge in [-0.25, -0.2) is 0 Å². The van der Waals surface area contributed by atoms with Crippen molar-refractivity contribution in [2.24, 2.45) is 5.73 Å². The van der Waals surface area contributed by atoms with Crippen LogP contribution in [0.4, 0.5) is 0 Å². The van der Waals surface area contributed by atoms with Crippen LogP contribution in [0.15, 0.2) is 24.3 Å². The van der Waals surface area contributed by atoms with Crippen molar-refractivity contribution in [1.29, 1.82) is 5.26 Å². The van der Waals surface area contributed by atoms with Crippen molar-refractivity contribution >= 4 is 5.91 Å². The number of primary amides is 1. The van der Waals surface area contributed by atoms with Crippen molar-refractivity contribution in [3.05, 3.63) is 35.4 Å². The third-order valence-electron chi connectivity index (χ3n) is 2.43. The highest BCUT2D eigenvalue weighted by molar-refractivity contribution is 5.83. The normalized spacial score (nSPS) is 10.8. The number of hydrogen-bond donors (Lipinski definition) is 2. The molecule has 4 heteroatoms. The van der Waals surface area contributed by atoms with E-state index in [1.165, 1.54) is 0 Å². The molecule has 0 atom stereocenters. The van der Waals surface area contributed by atoms with Gasteiger partial charge in [-0.1, -0.05) is 12.1 Å². The lowest BCUT2D eigenvalue weighted by atomic mass is 10.0. The van der Waals surface area contributed by atoms with Gasteiger partial charge in [0.1, 0.15) is 0 Å². The Morgan fingerprint density at radius 2 is 2.00 bits per heavy atom. The molecule has 4 nitrogen and oxygen atoms in total. The molecule has 84 valence electrons. The van der Waals surface area contributed by atoms with E-state index in [0.717, 1.165) is 5.56 Å². The van der Waals surface area contributed by atoms with Crippen molar-refractivity contribution in [3.8, 4) is 6.07 Å². The number of rotatable bonds is 4. The van der Waals surface area contributed by atoms with Gasteiger partial charge in [0.05, 0.1) is 17.2 Å².